The molecule has 1 aromatic carbocycles. The lowest BCUT2D eigenvalue weighted by molar-refractivity contribution is -0.308. The fourth-order valence-corrected chi connectivity index (χ4v) is 7.31. The fourth-order valence-electron chi connectivity index (χ4n) is 6.24. The molecule has 0 radical (unpaired) electrons. The van der Waals surface area contributed by atoms with Crippen molar-refractivity contribution in [1.29, 1.82) is 0 Å². The number of benzene rings is 1. The van der Waals surface area contributed by atoms with Crippen molar-refractivity contribution in [3.63, 3.8) is 0 Å². The summed E-state index contributed by atoms with van der Waals surface area (Å²) in [5.74, 6) is 0. The number of rotatable bonds is 5. The second-order valence-electron chi connectivity index (χ2n) is 11.2. The molecule has 0 aromatic heterocycles. The van der Waals surface area contributed by atoms with Crippen molar-refractivity contribution in [2.45, 2.75) is 81.2 Å². The van der Waals surface area contributed by atoms with E-state index in [4.69, 9.17) is 0 Å². The van der Waals surface area contributed by atoms with E-state index in [1.165, 1.54) is 6.26 Å². The SMILES string of the molecule is Cc1ccc(CN2CCCC23CCN(C(=O)OC(C(F)(F)F)C(F)(F)F)CC3)c(N2CCC(S(C)(=O)=O)CC2)c1. The van der Waals surface area contributed by atoms with Gasteiger partial charge in [-0.15, -0.1) is 0 Å². The minimum Gasteiger partial charge on any atom is -0.426 e. The van der Waals surface area contributed by atoms with Crippen LogP contribution in [-0.2, 0) is 21.1 Å². The Balaban J connectivity index is 1.43. The molecule has 1 aromatic rings. The number of nitrogens with zero attached hydrogens (tertiary/aromatic N) is 3. The second kappa shape index (κ2) is 11.2. The highest BCUT2D eigenvalue weighted by Crippen LogP contribution is 2.42. The topological polar surface area (TPSA) is 70.2 Å². The molecule has 3 fully saturated rings. The van der Waals surface area contributed by atoms with Crippen molar-refractivity contribution in [2.75, 3.05) is 43.9 Å². The van der Waals surface area contributed by atoms with Crippen LogP contribution in [0.25, 0.3) is 0 Å². The van der Waals surface area contributed by atoms with E-state index in [2.05, 4.69) is 26.7 Å². The maximum Gasteiger partial charge on any atom is 0.434 e. The average Bonchev–Trinajstić information content (AvgIpc) is 3.23. The number of hydrogen-bond acceptors (Lipinski definition) is 6. The van der Waals surface area contributed by atoms with Gasteiger partial charge in [0.15, 0.2) is 0 Å². The van der Waals surface area contributed by atoms with Crippen LogP contribution in [0.2, 0.25) is 0 Å². The molecule has 3 heterocycles. The molecule has 0 N–H and O–H groups in total. The lowest BCUT2D eigenvalue weighted by Crippen LogP contribution is -2.54. The van der Waals surface area contributed by atoms with Gasteiger partial charge in [-0.2, -0.15) is 26.3 Å². The molecule has 7 nitrogen and oxygen atoms in total. The molecule has 0 saturated carbocycles. The van der Waals surface area contributed by atoms with Gasteiger partial charge in [-0.25, -0.2) is 13.2 Å². The first-order valence-electron chi connectivity index (χ1n) is 13.4. The Hall–Kier alpha value is -2.22. The summed E-state index contributed by atoms with van der Waals surface area (Å²) in [6, 6.07) is 6.16. The summed E-state index contributed by atoms with van der Waals surface area (Å²) < 4.78 is 105. The number of ether oxygens (including phenoxy) is 1. The number of likely N-dealkylation sites (tertiary alicyclic amines) is 2. The van der Waals surface area contributed by atoms with Crippen molar-refractivity contribution in [1.82, 2.24) is 9.80 Å². The van der Waals surface area contributed by atoms with Gasteiger partial charge in [0.25, 0.3) is 6.10 Å². The molecule has 0 bridgehead atoms. The van der Waals surface area contributed by atoms with Crippen LogP contribution in [0.3, 0.4) is 0 Å². The molecule has 40 heavy (non-hydrogen) atoms. The highest BCUT2D eigenvalue weighted by atomic mass is 32.2. The molecule has 1 spiro atoms. The van der Waals surface area contributed by atoms with E-state index in [0.717, 1.165) is 41.1 Å². The van der Waals surface area contributed by atoms with Gasteiger partial charge in [0.1, 0.15) is 9.84 Å². The first-order valence-corrected chi connectivity index (χ1v) is 15.3. The number of piperidine rings is 2. The minimum absolute atomic E-state index is 0.00245. The van der Waals surface area contributed by atoms with Crippen molar-refractivity contribution in [2.24, 2.45) is 0 Å². The van der Waals surface area contributed by atoms with Crippen molar-refractivity contribution in [3.05, 3.63) is 29.3 Å². The maximum atomic E-state index is 12.9. The quantitative estimate of drug-likeness (QED) is 0.441. The number of sulfone groups is 1. The van der Waals surface area contributed by atoms with E-state index in [1.807, 2.05) is 13.0 Å². The van der Waals surface area contributed by atoms with Gasteiger partial charge in [-0.3, -0.25) is 4.90 Å². The Morgan fingerprint density at radius 2 is 1.60 bits per heavy atom. The van der Waals surface area contributed by atoms with Crippen LogP contribution in [0.15, 0.2) is 18.2 Å². The predicted molar refractivity (Wildman–Crippen MR) is 137 cm³/mol. The van der Waals surface area contributed by atoms with E-state index >= 15 is 0 Å². The first-order chi connectivity index (χ1) is 18.5. The van der Waals surface area contributed by atoms with Crippen LogP contribution in [0.4, 0.5) is 36.8 Å². The van der Waals surface area contributed by atoms with Crippen LogP contribution in [-0.4, -0.2) is 92.5 Å². The summed E-state index contributed by atoms with van der Waals surface area (Å²) in [7, 11) is -3.10. The molecule has 0 unspecified atom stereocenters. The monoisotopic (exact) mass is 599 g/mol. The zero-order chi connectivity index (χ0) is 29.5. The van der Waals surface area contributed by atoms with Crippen molar-refractivity contribution < 1.29 is 44.3 Å². The number of hydrogen-bond donors (Lipinski definition) is 0. The number of amides is 1. The molecular weight excluding hydrogens is 564 g/mol. The van der Waals surface area contributed by atoms with E-state index in [0.29, 0.717) is 45.3 Å². The zero-order valence-electron chi connectivity index (χ0n) is 22.5. The molecule has 0 atom stereocenters. The predicted octanol–water partition coefficient (Wildman–Crippen LogP) is 5.07. The van der Waals surface area contributed by atoms with E-state index in [-0.39, 0.29) is 23.9 Å². The number of aryl methyl sites for hydroxylation is 1. The van der Waals surface area contributed by atoms with E-state index in [9.17, 15) is 39.6 Å². The van der Waals surface area contributed by atoms with Crippen LogP contribution < -0.4 is 4.90 Å². The molecule has 14 heteroatoms. The highest BCUT2D eigenvalue weighted by Gasteiger charge is 2.60. The molecule has 3 saturated heterocycles. The van der Waals surface area contributed by atoms with Crippen LogP contribution >= 0.6 is 0 Å². The van der Waals surface area contributed by atoms with Crippen LogP contribution in [0, 0.1) is 6.92 Å². The van der Waals surface area contributed by atoms with E-state index in [1.54, 1.807) is 0 Å². The van der Waals surface area contributed by atoms with Gasteiger partial charge in [0, 0.05) is 50.2 Å². The second-order valence-corrected chi connectivity index (χ2v) is 13.6. The molecular formula is C26H35F6N3O4S. The Labute approximate surface area is 230 Å². The molecule has 4 rings (SSSR count). The standard InChI is InChI=1S/C26H35F6N3O4S/c1-18-4-5-19(21(16-18)33-12-6-20(7-13-33)40(2,37)38)17-35-11-3-8-24(35)9-14-34(15-10-24)23(36)39-22(25(27,28)29)26(30,31)32/h4-5,16,20,22H,3,6-15,17H2,1-2H3. The lowest BCUT2D eigenvalue weighted by Gasteiger charge is -2.45. The Kier molecular flexibility index (Phi) is 8.62. The third kappa shape index (κ3) is 6.80. The van der Waals surface area contributed by atoms with Crippen molar-refractivity contribution in [3.8, 4) is 0 Å². The smallest absolute Gasteiger partial charge is 0.426 e. The Morgan fingerprint density at radius 3 is 2.15 bits per heavy atom. The normalized spacial score (nSPS) is 21.4. The Morgan fingerprint density at radius 1 is 1.00 bits per heavy atom. The van der Waals surface area contributed by atoms with Gasteiger partial charge >= 0.3 is 18.4 Å². The molecule has 0 aliphatic carbocycles. The van der Waals surface area contributed by atoms with Gasteiger partial charge in [-0.1, -0.05) is 12.1 Å². The van der Waals surface area contributed by atoms with Crippen molar-refractivity contribution >= 4 is 21.6 Å². The fraction of sp³-hybridized carbons (Fsp3) is 0.731. The van der Waals surface area contributed by atoms with E-state index < -0.39 is 34.4 Å². The number of carbonyl (C=O) groups excluding carboxylic acids is 1. The lowest BCUT2D eigenvalue weighted by atomic mass is 9.84. The summed E-state index contributed by atoms with van der Waals surface area (Å²) in [5, 5.41) is -0.349. The Bertz CT molecular complexity index is 1160. The minimum atomic E-state index is -5.75. The molecule has 3 aliphatic heterocycles. The summed E-state index contributed by atoms with van der Waals surface area (Å²) in [5.41, 5.74) is 2.86. The largest absolute Gasteiger partial charge is 0.434 e. The first kappa shape index (κ1) is 30.7. The number of carbonyl (C=O) groups is 1. The number of alkyl halides is 6. The van der Waals surface area contributed by atoms with Gasteiger partial charge < -0.3 is 14.5 Å². The van der Waals surface area contributed by atoms with Gasteiger partial charge in [-0.05, 0) is 69.2 Å². The molecule has 3 aliphatic rings. The zero-order valence-corrected chi connectivity index (χ0v) is 23.3. The van der Waals surface area contributed by atoms with Gasteiger partial charge in [0.2, 0.25) is 0 Å². The third-order valence-electron chi connectivity index (χ3n) is 8.50. The highest BCUT2D eigenvalue weighted by molar-refractivity contribution is 7.91. The van der Waals surface area contributed by atoms with Crippen LogP contribution in [0.5, 0.6) is 0 Å². The number of halogens is 6. The summed E-state index contributed by atoms with van der Waals surface area (Å²) in [6.07, 6.45) is -12.4. The summed E-state index contributed by atoms with van der Waals surface area (Å²) >= 11 is 0. The average molecular weight is 600 g/mol. The maximum absolute atomic E-state index is 12.9. The van der Waals surface area contributed by atoms with Crippen LogP contribution in [0.1, 0.15) is 49.7 Å². The summed E-state index contributed by atoms with van der Waals surface area (Å²) in [4.78, 5) is 17.7. The summed E-state index contributed by atoms with van der Waals surface area (Å²) in [6.45, 7) is 4.59. The molecule has 1 amide bonds. The molecule has 226 valence electrons. The number of anilines is 1. The third-order valence-corrected chi connectivity index (χ3v) is 10.2. The van der Waals surface area contributed by atoms with Gasteiger partial charge in [0.05, 0.1) is 5.25 Å².